The fourth-order valence-corrected chi connectivity index (χ4v) is 17.7. The molecule has 0 amide bonds. The van der Waals surface area contributed by atoms with E-state index in [-0.39, 0.29) is 12.1 Å². The first-order chi connectivity index (χ1) is 39.4. The van der Waals surface area contributed by atoms with Gasteiger partial charge in [-0.25, -0.2) is 0 Å². The first kappa shape index (κ1) is 47.4. The molecular formula is C77H61BN2S. The Hall–Kier alpha value is -8.44. The third-order valence-corrected chi connectivity index (χ3v) is 21.0. The Bertz CT molecular complexity index is 4450. The summed E-state index contributed by atoms with van der Waals surface area (Å²) in [5.74, 6) is 0.785. The number of hydrogen-bond donors (Lipinski definition) is 0. The van der Waals surface area contributed by atoms with Crippen LogP contribution in [0.1, 0.15) is 126 Å². The molecule has 0 fully saturated rings. The van der Waals surface area contributed by atoms with Crippen molar-refractivity contribution in [3.63, 3.8) is 0 Å². The average molecular weight is 1060 g/mol. The molecule has 2 aliphatic heterocycles. The summed E-state index contributed by atoms with van der Waals surface area (Å²) in [4.78, 5) is 6.80. The first-order valence-electron chi connectivity index (χ1n) is 29.3. The summed E-state index contributed by atoms with van der Waals surface area (Å²) in [5.41, 5.74) is 34.8. The minimum atomic E-state index is -0.508. The largest absolute Gasteiger partial charge is 0.311 e. The monoisotopic (exact) mass is 1060 g/mol. The predicted octanol–water partition coefficient (Wildman–Crippen LogP) is 18.4. The number of benzene rings is 10. The van der Waals surface area contributed by atoms with Gasteiger partial charge in [0.25, 0.3) is 6.71 Å². The number of rotatable bonds is 4. The number of fused-ring (bicyclic) bond motifs is 25. The van der Waals surface area contributed by atoms with Crippen LogP contribution in [0.2, 0.25) is 0 Å². The standard InChI is InChI=1S/C77H61BN2S/c1-44(2)47-29-34-50(35-30-47)79-67-43-65-58(56-23-13-16-26-61(56)76(65)59-24-14-9-19-52(59)53-20-10-15-25-60(53)76)42-66(67)78-71-68(79)39-46(5)40-69(71)80(51-36-32-49(33-37-51)75(6,7)8)72-70-57-38-31-48(45(3)4)41-64(57)77(73(70)81-74(72)78)62-27-17-11-21-54(62)55-22-12-18-28-63(55)77/h9-45H,1-8H3. The molecule has 2 spiro atoms. The van der Waals surface area contributed by atoms with Crippen molar-refractivity contribution < 1.29 is 0 Å². The molecule has 0 unspecified atom stereocenters. The van der Waals surface area contributed by atoms with Gasteiger partial charge in [-0.15, -0.1) is 11.3 Å². The molecular weight excluding hydrogens is 996 g/mol. The Morgan fingerprint density at radius 3 is 1.41 bits per heavy atom. The van der Waals surface area contributed by atoms with E-state index in [4.69, 9.17) is 0 Å². The van der Waals surface area contributed by atoms with Gasteiger partial charge in [0.2, 0.25) is 0 Å². The van der Waals surface area contributed by atoms with Crippen LogP contribution in [0.25, 0.3) is 44.5 Å². The topological polar surface area (TPSA) is 6.48 Å². The molecule has 6 aliphatic rings. The zero-order valence-corrected chi connectivity index (χ0v) is 48.1. The van der Waals surface area contributed by atoms with Crippen LogP contribution in [0.15, 0.2) is 212 Å². The summed E-state index contributed by atoms with van der Waals surface area (Å²) in [6, 6.07) is 83.5. The molecule has 0 saturated carbocycles. The quantitative estimate of drug-likeness (QED) is 0.162. The molecule has 11 aromatic rings. The Morgan fingerprint density at radius 1 is 0.420 bits per heavy atom. The van der Waals surface area contributed by atoms with Crippen LogP contribution < -0.4 is 25.5 Å². The van der Waals surface area contributed by atoms with E-state index >= 15 is 0 Å². The summed E-state index contributed by atoms with van der Waals surface area (Å²) in [6.45, 7) is 18.5. The maximum absolute atomic E-state index is 2.71. The molecule has 0 radical (unpaired) electrons. The van der Waals surface area contributed by atoms with Gasteiger partial charge in [-0.1, -0.05) is 218 Å². The van der Waals surface area contributed by atoms with Crippen molar-refractivity contribution in [3.05, 3.63) is 278 Å². The van der Waals surface area contributed by atoms with E-state index in [1.807, 2.05) is 0 Å². The highest BCUT2D eigenvalue weighted by molar-refractivity contribution is 7.30. The molecule has 10 aromatic carbocycles. The lowest BCUT2D eigenvalue weighted by Gasteiger charge is -2.44. The Kier molecular flexibility index (Phi) is 9.57. The molecule has 0 N–H and O–H groups in total. The van der Waals surface area contributed by atoms with Gasteiger partial charge in [0.15, 0.2) is 0 Å². The zero-order valence-electron chi connectivity index (χ0n) is 47.2. The van der Waals surface area contributed by atoms with Gasteiger partial charge in [0.1, 0.15) is 0 Å². The number of thiophene rings is 1. The SMILES string of the molecule is Cc1cc2c3c(c1)N(c1ccc(C(C)(C)C)cc1)c1c(sc4c1-c1ccc(C(C)C)cc1C41c4ccccc4-c4ccccc41)B3c1cc3c(cc1N2c1ccc(C(C)C)cc1)C1(c2ccccc2-c2ccccc21)c1ccccc1-3. The lowest BCUT2D eigenvalue weighted by atomic mass is 9.36. The lowest BCUT2D eigenvalue weighted by molar-refractivity contribution is 0.590. The number of hydrogen-bond acceptors (Lipinski definition) is 3. The molecule has 0 atom stereocenters. The summed E-state index contributed by atoms with van der Waals surface area (Å²) in [6.07, 6.45) is 0. The van der Waals surface area contributed by atoms with Crippen molar-refractivity contribution in [2.45, 2.75) is 83.5 Å². The van der Waals surface area contributed by atoms with Gasteiger partial charge in [0, 0.05) is 43.7 Å². The molecule has 17 rings (SSSR count). The predicted molar refractivity (Wildman–Crippen MR) is 343 cm³/mol. The minimum absolute atomic E-state index is 0.000945. The van der Waals surface area contributed by atoms with Crippen LogP contribution in [0, 0.1) is 6.92 Å². The van der Waals surface area contributed by atoms with Crippen molar-refractivity contribution in [2.75, 3.05) is 9.80 Å². The van der Waals surface area contributed by atoms with Gasteiger partial charge >= 0.3 is 0 Å². The maximum atomic E-state index is 2.71. The van der Waals surface area contributed by atoms with Gasteiger partial charge in [-0.05, 0) is 178 Å². The fourth-order valence-electron chi connectivity index (χ4n) is 16.1. The molecule has 1 aromatic heterocycles. The average Bonchev–Trinajstić information content (AvgIpc) is 1.84. The van der Waals surface area contributed by atoms with Gasteiger partial charge in [0.05, 0.1) is 16.5 Å². The van der Waals surface area contributed by atoms with Gasteiger partial charge in [-0.3, -0.25) is 0 Å². The van der Waals surface area contributed by atoms with E-state index in [1.165, 1.54) is 160 Å². The van der Waals surface area contributed by atoms with Crippen LogP contribution in [0.5, 0.6) is 0 Å². The number of nitrogens with zero attached hydrogens (tertiary/aromatic N) is 2. The Labute approximate surface area is 481 Å². The van der Waals surface area contributed by atoms with Crippen LogP contribution in [-0.2, 0) is 16.2 Å². The molecule has 4 heteroatoms. The van der Waals surface area contributed by atoms with Gasteiger partial charge < -0.3 is 9.80 Å². The van der Waals surface area contributed by atoms with Gasteiger partial charge in [-0.2, -0.15) is 0 Å². The lowest BCUT2D eigenvalue weighted by Crippen LogP contribution is -2.60. The van der Waals surface area contributed by atoms with E-state index in [2.05, 4.69) is 289 Å². The smallest absolute Gasteiger partial charge is 0.264 e. The Balaban J connectivity index is 1.03. The fraction of sp³-hybridized carbons (Fsp3) is 0.169. The van der Waals surface area contributed by atoms with E-state index in [0.29, 0.717) is 11.8 Å². The highest BCUT2D eigenvalue weighted by atomic mass is 32.1. The van der Waals surface area contributed by atoms with Crippen LogP contribution in [0.3, 0.4) is 0 Å². The zero-order chi connectivity index (χ0) is 54.6. The molecule has 3 heterocycles. The highest BCUT2D eigenvalue weighted by Gasteiger charge is 2.58. The van der Waals surface area contributed by atoms with Crippen LogP contribution in [-0.4, -0.2) is 6.71 Å². The number of aryl methyl sites for hydroxylation is 1. The second-order valence-corrected chi connectivity index (χ2v) is 26.6. The molecule has 2 nitrogen and oxygen atoms in total. The van der Waals surface area contributed by atoms with Crippen molar-refractivity contribution in [1.29, 1.82) is 0 Å². The second kappa shape index (κ2) is 16.4. The summed E-state index contributed by atoms with van der Waals surface area (Å²) in [7, 11) is 0. The highest BCUT2D eigenvalue weighted by Crippen LogP contribution is 2.68. The molecule has 81 heavy (non-hydrogen) atoms. The van der Waals surface area contributed by atoms with Crippen LogP contribution in [0.4, 0.5) is 34.1 Å². The minimum Gasteiger partial charge on any atom is -0.311 e. The van der Waals surface area contributed by atoms with Crippen molar-refractivity contribution in [2.24, 2.45) is 0 Å². The molecule has 4 aliphatic carbocycles. The molecule has 0 saturated heterocycles. The summed E-state index contributed by atoms with van der Waals surface area (Å²) < 4.78 is 1.41. The van der Waals surface area contributed by atoms with Crippen molar-refractivity contribution in [3.8, 4) is 44.5 Å². The van der Waals surface area contributed by atoms with Crippen molar-refractivity contribution in [1.82, 2.24) is 0 Å². The maximum Gasteiger partial charge on any atom is 0.264 e. The third-order valence-electron chi connectivity index (χ3n) is 19.6. The molecule has 388 valence electrons. The van der Waals surface area contributed by atoms with E-state index in [9.17, 15) is 0 Å². The molecule has 0 bridgehead atoms. The first-order valence-corrected chi connectivity index (χ1v) is 30.1. The van der Waals surface area contributed by atoms with E-state index in [0.717, 1.165) is 0 Å². The second-order valence-electron chi connectivity index (χ2n) is 25.5. The van der Waals surface area contributed by atoms with E-state index < -0.39 is 10.8 Å². The summed E-state index contributed by atoms with van der Waals surface area (Å²) in [5, 5.41) is 0. The normalized spacial score (nSPS) is 15.3. The third kappa shape index (κ3) is 5.93. The number of anilines is 6. The van der Waals surface area contributed by atoms with Crippen LogP contribution >= 0.6 is 11.3 Å². The Morgan fingerprint density at radius 2 is 0.877 bits per heavy atom. The van der Waals surface area contributed by atoms with E-state index in [1.54, 1.807) is 0 Å². The summed E-state index contributed by atoms with van der Waals surface area (Å²) >= 11 is 2.09. The van der Waals surface area contributed by atoms with Crippen molar-refractivity contribution >= 4 is 67.9 Å².